The fourth-order valence-corrected chi connectivity index (χ4v) is 3.17. The van der Waals surface area contributed by atoms with E-state index >= 15 is 0 Å². The second-order valence-corrected chi connectivity index (χ2v) is 6.13. The number of aromatic nitrogens is 2. The highest BCUT2D eigenvalue weighted by Gasteiger charge is 2.24. The number of halogens is 1. The first-order chi connectivity index (χ1) is 11.7. The van der Waals surface area contributed by atoms with E-state index in [0.717, 1.165) is 37.3 Å². The highest BCUT2D eigenvalue weighted by Crippen LogP contribution is 2.22. The first-order valence-corrected chi connectivity index (χ1v) is 8.23. The molecule has 0 spiro atoms. The lowest BCUT2D eigenvalue weighted by Gasteiger charge is -2.37. The zero-order valence-electron chi connectivity index (χ0n) is 14.2. The Hall–Kier alpha value is -2.21. The van der Waals surface area contributed by atoms with Crippen molar-refractivity contribution in [2.45, 2.75) is 25.4 Å². The second-order valence-electron chi connectivity index (χ2n) is 6.13. The maximum absolute atomic E-state index is 13.8. The normalized spacial score (nSPS) is 15.8. The van der Waals surface area contributed by atoms with Gasteiger partial charge in [-0.3, -0.25) is 4.90 Å². The molecule has 1 aliphatic rings. The molecule has 1 aliphatic heterocycles. The van der Waals surface area contributed by atoms with Gasteiger partial charge in [-0.05, 0) is 32.0 Å². The van der Waals surface area contributed by atoms with E-state index in [-0.39, 0.29) is 5.82 Å². The van der Waals surface area contributed by atoms with Crippen molar-refractivity contribution >= 4 is 5.82 Å². The van der Waals surface area contributed by atoms with Crippen molar-refractivity contribution in [3.05, 3.63) is 47.9 Å². The maximum Gasteiger partial charge on any atom is 0.318 e. The molecule has 0 atom stereocenters. The molecule has 0 amide bonds. The Morgan fingerprint density at radius 3 is 2.71 bits per heavy atom. The Morgan fingerprint density at radius 2 is 2.00 bits per heavy atom. The summed E-state index contributed by atoms with van der Waals surface area (Å²) in [5, 5.41) is 0. The maximum atomic E-state index is 13.8. The molecular weight excluding hydrogens is 307 g/mol. The molecule has 0 bridgehead atoms. The molecule has 1 fully saturated rings. The predicted molar refractivity (Wildman–Crippen MR) is 91.7 cm³/mol. The van der Waals surface area contributed by atoms with Gasteiger partial charge in [0.05, 0.1) is 7.11 Å². The molecule has 2 aromatic rings. The quantitative estimate of drug-likeness (QED) is 0.843. The average molecular weight is 330 g/mol. The molecule has 0 unspecified atom stereocenters. The molecule has 128 valence electrons. The lowest BCUT2D eigenvalue weighted by molar-refractivity contribution is 0.198. The van der Waals surface area contributed by atoms with Gasteiger partial charge in [0.2, 0.25) is 0 Å². The van der Waals surface area contributed by atoms with Crippen LogP contribution in [0.4, 0.5) is 10.2 Å². The number of methoxy groups -OCH3 is 1. The molecular formula is C18H23FN4O. The van der Waals surface area contributed by atoms with Gasteiger partial charge in [0.15, 0.2) is 0 Å². The van der Waals surface area contributed by atoms with Crippen LogP contribution < -0.4 is 9.64 Å². The highest BCUT2D eigenvalue weighted by atomic mass is 19.1. The molecule has 1 aromatic carbocycles. The molecule has 24 heavy (non-hydrogen) atoms. The monoisotopic (exact) mass is 330 g/mol. The molecule has 2 heterocycles. The minimum atomic E-state index is -0.130. The van der Waals surface area contributed by atoms with E-state index < -0.39 is 0 Å². The summed E-state index contributed by atoms with van der Waals surface area (Å²) in [6, 6.07) is 9.75. The number of hydrogen-bond donors (Lipinski definition) is 0. The van der Waals surface area contributed by atoms with Crippen LogP contribution in [0.25, 0.3) is 0 Å². The molecule has 0 saturated carbocycles. The van der Waals surface area contributed by atoms with Crippen LogP contribution in [-0.2, 0) is 6.54 Å². The van der Waals surface area contributed by atoms with E-state index in [0.29, 0.717) is 18.6 Å². The Kier molecular flexibility index (Phi) is 5.25. The highest BCUT2D eigenvalue weighted by molar-refractivity contribution is 5.38. The summed E-state index contributed by atoms with van der Waals surface area (Å²) in [6.45, 7) is 2.48. The smallest absolute Gasteiger partial charge is 0.318 e. The molecule has 0 N–H and O–H groups in total. The fourth-order valence-electron chi connectivity index (χ4n) is 3.17. The zero-order chi connectivity index (χ0) is 16.9. The summed E-state index contributed by atoms with van der Waals surface area (Å²) in [6.07, 6.45) is 3.77. The standard InChI is InChI=1S/C18H23FN4O/c1-22(13-14-5-3-4-6-16(14)19)15-8-11-23(12-9-15)17-7-10-20-18(21-17)24-2/h3-7,10,15H,8-9,11-13H2,1-2H3. The molecule has 6 heteroatoms. The second kappa shape index (κ2) is 7.57. The Morgan fingerprint density at radius 1 is 1.25 bits per heavy atom. The number of piperidine rings is 1. The van der Waals surface area contributed by atoms with Crippen molar-refractivity contribution in [1.82, 2.24) is 14.9 Å². The van der Waals surface area contributed by atoms with Gasteiger partial charge in [-0.1, -0.05) is 18.2 Å². The van der Waals surface area contributed by atoms with Crippen molar-refractivity contribution in [2.75, 3.05) is 32.1 Å². The topological polar surface area (TPSA) is 41.5 Å². The van der Waals surface area contributed by atoms with Crippen LogP contribution in [0.15, 0.2) is 36.5 Å². The van der Waals surface area contributed by atoms with Gasteiger partial charge in [-0.2, -0.15) is 4.98 Å². The third-order valence-electron chi connectivity index (χ3n) is 4.59. The third kappa shape index (κ3) is 3.82. The van der Waals surface area contributed by atoms with Crippen molar-refractivity contribution in [3.8, 4) is 6.01 Å². The molecule has 1 saturated heterocycles. The third-order valence-corrected chi connectivity index (χ3v) is 4.59. The summed E-state index contributed by atoms with van der Waals surface area (Å²) in [5.41, 5.74) is 0.753. The van der Waals surface area contributed by atoms with Gasteiger partial charge < -0.3 is 9.64 Å². The van der Waals surface area contributed by atoms with Gasteiger partial charge in [-0.15, -0.1) is 0 Å². The number of hydrogen-bond acceptors (Lipinski definition) is 5. The van der Waals surface area contributed by atoms with Crippen LogP contribution in [-0.4, -0.2) is 48.2 Å². The van der Waals surface area contributed by atoms with Crippen LogP contribution in [0.1, 0.15) is 18.4 Å². The van der Waals surface area contributed by atoms with Crippen molar-refractivity contribution in [3.63, 3.8) is 0 Å². The summed E-state index contributed by atoms with van der Waals surface area (Å²) in [4.78, 5) is 12.9. The molecule has 0 radical (unpaired) electrons. The van der Waals surface area contributed by atoms with Crippen molar-refractivity contribution in [2.24, 2.45) is 0 Å². The summed E-state index contributed by atoms with van der Waals surface area (Å²) >= 11 is 0. The molecule has 0 aliphatic carbocycles. The van der Waals surface area contributed by atoms with Gasteiger partial charge in [0, 0.05) is 37.4 Å². The molecule has 5 nitrogen and oxygen atoms in total. The number of anilines is 1. The minimum absolute atomic E-state index is 0.130. The van der Waals surface area contributed by atoms with Gasteiger partial charge in [0.25, 0.3) is 0 Å². The van der Waals surface area contributed by atoms with E-state index in [9.17, 15) is 4.39 Å². The first kappa shape index (κ1) is 16.6. The fraction of sp³-hybridized carbons (Fsp3) is 0.444. The van der Waals surface area contributed by atoms with E-state index in [1.807, 2.05) is 18.2 Å². The summed E-state index contributed by atoms with van der Waals surface area (Å²) in [7, 11) is 3.64. The SMILES string of the molecule is COc1nccc(N2CCC(N(C)Cc3ccccc3F)CC2)n1. The number of benzene rings is 1. The van der Waals surface area contributed by atoms with E-state index in [2.05, 4.69) is 26.8 Å². The number of rotatable bonds is 5. The van der Waals surface area contributed by atoms with Crippen LogP contribution >= 0.6 is 0 Å². The van der Waals surface area contributed by atoms with Gasteiger partial charge >= 0.3 is 6.01 Å². The average Bonchev–Trinajstić information content (AvgIpc) is 2.64. The molecule has 3 rings (SSSR count). The Bertz CT molecular complexity index is 674. The van der Waals surface area contributed by atoms with Crippen molar-refractivity contribution in [1.29, 1.82) is 0 Å². The van der Waals surface area contributed by atoms with Crippen LogP contribution in [0.3, 0.4) is 0 Å². The van der Waals surface area contributed by atoms with Gasteiger partial charge in [-0.25, -0.2) is 9.37 Å². The van der Waals surface area contributed by atoms with E-state index in [1.54, 1.807) is 19.4 Å². The van der Waals surface area contributed by atoms with Crippen LogP contribution in [0.2, 0.25) is 0 Å². The number of nitrogens with zero attached hydrogens (tertiary/aromatic N) is 4. The predicted octanol–water partition coefficient (Wildman–Crippen LogP) is 2.73. The van der Waals surface area contributed by atoms with E-state index in [4.69, 9.17) is 4.74 Å². The van der Waals surface area contributed by atoms with Crippen LogP contribution in [0, 0.1) is 5.82 Å². The largest absolute Gasteiger partial charge is 0.467 e. The van der Waals surface area contributed by atoms with Crippen molar-refractivity contribution < 1.29 is 9.13 Å². The lowest BCUT2D eigenvalue weighted by atomic mass is 10.0. The zero-order valence-corrected chi connectivity index (χ0v) is 14.2. The lowest BCUT2D eigenvalue weighted by Crippen LogP contribution is -2.43. The summed E-state index contributed by atoms with van der Waals surface area (Å²) in [5.74, 6) is 0.770. The summed E-state index contributed by atoms with van der Waals surface area (Å²) < 4.78 is 18.9. The number of ether oxygens (including phenoxy) is 1. The first-order valence-electron chi connectivity index (χ1n) is 8.23. The van der Waals surface area contributed by atoms with Crippen LogP contribution in [0.5, 0.6) is 6.01 Å². The minimum Gasteiger partial charge on any atom is -0.467 e. The van der Waals surface area contributed by atoms with E-state index in [1.165, 1.54) is 6.07 Å². The Labute approximate surface area is 142 Å². The Balaban J connectivity index is 1.57. The molecule has 1 aromatic heterocycles. The van der Waals surface area contributed by atoms with Gasteiger partial charge in [0.1, 0.15) is 11.6 Å².